The van der Waals surface area contributed by atoms with E-state index in [1.165, 1.54) is 55.9 Å². The van der Waals surface area contributed by atoms with Gasteiger partial charge >= 0.3 is 0 Å². The van der Waals surface area contributed by atoms with Crippen molar-refractivity contribution in [3.63, 3.8) is 0 Å². The summed E-state index contributed by atoms with van der Waals surface area (Å²) in [6.07, 6.45) is 1.18. The molecule has 0 N–H and O–H groups in total. The Kier molecular flexibility index (Phi) is 8.83. The average Bonchev–Trinajstić information content (AvgIpc) is 3.87. The molecule has 1 atom stereocenters. The van der Waals surface area contributed by atoms with E-state index in [9.17, 15) is 0 Å². The largest absolute Gasteiger partial charge is 0.309 e. The first-order valence-electron chi connectivity index (χ1n) is 22.8. The second-order valence-electron chi connectivity index (χ2n) is 19.1. The van der Waals surface area contributed by atoms with Gasteiger partial charge in [-0.2, -0.15) is 9.97 Å². The molecule has 3 heterocycles. The predicted octanol–water partition coefficient (Wildman–Crippen LogP) is 15.3. The van der Waals surface area contributed by atoms with Crippen LogP contribution in [0.15, 0.2) is 188 Å². The van der Waals surface area contributed by atoms with Gasteiger partial charge in [-0.15, -0.1) is 0 Å². The molecule has 8 aromatic carbocycles. The van der Waals surface area contributed by atoms with Crippen LogP contribution in [0.5, 0.6) is 0 Å². The minimum atomic E-state index is 0.0671. The fraction of sp³-hybridized carbons (Fsp3) is 0.150. The van der Waals surface area contributed by atoms with E-state index in [2.05, 4.69) is 208 Å². The van der Waals surface area contributed by atoms with Crippen LogP contribution in [0.3, 0.4) is 0 Å². The van der Waals surface area contributed by atoms with E-state index in [-0.39, 0.29) is 10.8 Å². The number of fused-ring (bicyclic) bond motifs is 8. The van der Waals surface area contributed by atoms with Gasteiger partial charge in [0.2, 0.25) is 5.95 Å². The molecule has 1 aliphatic carbocycles. The summed E-state index contributed by atoms with van der Waals surface area (Å²) < 4.78 is 4.66. The maximum absolute atomic E-state index is 5.29. The Balaban J connectivity index is 1.04. The van der Waals surface area contributed by atoms with Crippen LogP contribution >= 0.6 is 0 Å². The van der Waals surface area contributed by atoms with E-state index in [0.29, 0.717) is 23.5 Å². The van der Waals surface area contributed by atoms with Crippen LogP contribution in [0.2, 0.25) is 0 Å². The van der Waals surface area contributed by atoms with E-state index in [0.717, 1.165) is 44.3 Å². The monoisotopic (exact) mass is 839 g/mol. The topological polar surface area (TPSA) is 48.5 Å². The molecular formula is C60H49N5. The van der Waals surface area contributed by atoms with E-state index < -0.39 is 0 Å². The summed E-state index contributed by atoms with van der Waals surface area (Å²) in [5.41, 5.74) is 15.5. The highest BCUT2D eigenvalue weighted by atomic mass is 15.2. The molecule has 1 aliphatic rings. The zero-order valence-electron chi connectivity index (χ0n) is 37.4. The molecule has 0 radical (unpaired) electrons. The number of hydrogen-bond donors (Lipinski definition) is 0. The van der Waals surface area contributed by atoms with Crippen LogP contribution in [0.1, 0.15) is 52.2 Å². The number of aromatic nitrogens is 5. The maximum atomic E-state index is 5.29. The summed E-state index contributed by atoms with van der Waals surface area (Å²) in [6.45, 7) is 12.1. The van der Waals surface area contributed by atoms with Crippen molar-refractivity contribution in [1.82, 2.24) is 24.1 Å². The van der Waals surface area contributed by atoms with Gasteiger partial charge in [0.05, 0.1) is 22.1 Å². The summed E-state index contributed by atoms with van der Waals surface area (Å²) in [5.74, 6) is 2.40. The number of nitrogens with zero attached hydrogens (tertiary/aromatic N) is 5. The highest BCUT2D eigenvalue weighted by Crippen LogP contribution is 2.52. The minimum absolute atomic E-state index is 0.0671. The fourth-order valence-corrected chi connectivity index (χ4v) is 11.0. The molecule has 0 amide bonds. The summed E-state index contributed by atoms with van der Waals surface area (Å²) in [4.78, 5) is 15.6. The van der Waals surface area contributed by atoms with Gasteiger partial charge < -0.3 is 4.57 Å². The molecule has 3 aromatic heterocycles. The van der Waals surface area contributed by atoms with Gasteiger partial charge in [0, 0.05) is 38.4 Å². The SMILES string of the molecule is CC1CC(C)(C)c2cccc(-c3ccc(-n4c5ccccc5c5c6c7ccccc7n(-c7nc(-c8ccccc8)nc(-c8ccc(-c9ccccc9)cc8)n7)c6ccc54)cc3)c2C1(C)C. The van der Waals surface area contributed by atoms with Crippen molar-refractivity contribution in [2.45, 2.75) is 51.9 Å². The smallest absolute Gasteiger partial charge is 0.238 e. The van der Waals surface area contributed by atoms with Gasteiger partial charge in [0.15, 0.2) is 11.6 Å². The predicted molar refractivity (Wildman–Crippen MR) is 270 cm³/mol. The summed E-state index contributed by atoms with van der Waals surface area (Å²) in [7, 11) is 0. The first-order valence-corrected chi connectivity index (χ1v) is 22.8. The Hall–Kier alpha value is -7.63. The van der Waals surface area contributed by atoms with E-state index in [1.807, 2.05) is 24.3 Å². The second kappa shape index (κ2) is 14.7. The van der Waals surface area contributed by atoms with Crippen LogP contribution in [-0.2, 0) is 10.8 Å². The maximum Gasteiger partial charge on any atom is 0.238 e. The third-order valence-corrected chi connectivity index (χ3v) is 14.5. The van der Waals surface area contributed by atoms with Crippen molar-refractivity contribution < 1.29 is 0 Å². The number of rotatable bonds is 6. The van der Waals surface area contributed by atoms with Crippen molar-refractivity contribution in [2.24, 2.45) is 5.92 Å². The van der Waals surface area contributed by atoms with E-state index in [1.54, 1.807) is 0 Å². The Bertz CT molecular complexity index is 3610. The lowest BCUT2D eigenvalue weighted by atomic mass is 9.57. The first kappa shape index (κ1) is 39.0. The molecule has 0 bridgehead atoms. The van der Waals surface area contributed by atoms with Gasteiger partial charge in [0.25, 0.3) is 0 Å². The summed E-state index contributed by atoms with van der Waals surface area (Å²) in [5, 5.41) is 4.74. The average molecular weight is 840 g/mol. The van der Waals surface area contributed by atoms with Gasteiger partial charge in [-0.3, -0.25) is 4.57 Å². The van der Waals surface area contributed by atoms with Crippen molar-refractivity contribution in [2.75, 3.05) is 0 Å². The Morgan fingerprint density at radius 2 is 0.923 bits per heavy atom. The number of hydrogen-bond acceptors (Lipinski definition) is 3. The molecule has 0 fully saturated rings. The highest BCUT2D eigenvalue weighted by Gasteiger charge is 2.43. The standard InChI is InChI=1S/C60H49N5/c1-38-37-59(2,3)48-24-16-23-45(55(48)60(38,4)5)41-31-33-44(34-32-41)64-49-25-14-12-21-46(49)53-51(64)35-36-52-54(53)47-22-13-15-26-50(47)65(52)58-62-56(42-19-10-7-11-20-42)61-57(63-58)43-29-27-40(28-30-43)39-17-8-6-9-18-39/h6-36,38H,37H2,1-5H3. The van der Waals surface area contributed by atoms with Crippen molar-refractivity contribution in [1.29, 1.82) is 0 Å². The van der Waals surface area contributed by atoms with Gasteiger partial charge in [0.1, 0.15) is 0 Å². The lowest BCUT2D eigenvalue weighted by molar-refractivity contribution is 0.234. The molecule has 12 rings (SSSR count). The van der Waals surface area contributed by atoms with Gasteiger partial charge in [-0.1, -0.05) is 186 Å². The molecular weight excluding hydrogens is 791 g/mol. The van der Waals surface area contributed by atoms with Crippen LogP contribution in [0.4, 0.5) is 0 Å². The summed E-state index contributed by atoms with van der Waals surface area (Å²) >= 11 is 0. The van der Waals surface area contributed by atoms with Crippen molar-refractivity contribution in [3.8, 4) is 56.7 Å². The third kappa shape index (κ3) is 6.17. The van der Waals surface area contributed by atoms with Crippen molar-refractivity contribution in [3.05, 3.63) is 199 Å². The van der Waals surface area contributed by atoms with Gasteiger partial charge in [-0.05, 0) is 92.9 Å². The Morgan fingerprint density at radius 1 is 0.431 bits per heavy atom. The lowest BCUT2D eigenvalue weighted by Crippen LogP contribution is -2.40. The minimum Gasteiger partial charge on any atom is -0.309 e. The number of para-hydroxylation sites is 2. The zero-order chi connectivity index (χ0) is 44.0. The highest BCUT2D eigenvalue weighted by molar-refractivity contribution is 6.28. The molecule has 5 nitrogen and oxygen atoms in total. The normalized spacial score (nSPS) is 15.5. The van der Waals surface area contributed by atoms with Gasteiger partial charge in [-0.25, -0.2) is 4.98 Å². The second-order valence-corrected chi connectivity index (χ2v) is 19.1. The van der Waals surface area contributed by atoms with Crippen molar-refractivity contribution >= 4 is 43.6 Å². The third-order valence-electron chi connectivity index (χ3n) is 14.5. The van der Waals surface area contributed by atoms with E-state index >= 15 is 0 Å². The molecule has 0 aliphatic heterocycles. The van der Waals surface area contributed by atoms with Crippen LogP contribution in [-0.4, -0.2) is 24.1 Å². The molecule has 5 heteroatoms. The molecule has 11 aromatic rings. The Labute approximate surface area is 379 Å². The van der Waals surface area contributed by atoms with E-state index in [4.69, 9.17) is 15.0 Å². The molecule has 1 unspecified atom stereocenters. The number of benzene rings is 8. The molecule has 0 spiro atoms. The lowest BCUT2D eigenvalue weighted by Gasteiger charge is -2.47. The molecule has 0 saturated carbocycles. The Morgan fingerprint density at radius 3 is 1.55 bits per heavy atom. The first-order chi connectivity index (χ1) is 31.7. The fourth-order valence-electron chi connectivity index (χ4n) is 11.0. The quantitative estimate of drug-likeness (QED) is 0.168. The van der Waals surface area contributed by atoms with Crippen LogP contribution in [0, 0.1) is 5.92 Å². The zero-order valence-corrected chi connectivity index (χ0v) is 37.4. The molecule has 0 saturated heterocycles. The molecule has 65 heavy (non-hydrogen) atoms. The van der Waals surface area contributed by atoms with Crippen LogP contribution < -0.4 is 0 Å². The summed E-state index contributed by atoms with van der Waals surface area (Å²) in [6, 6.07) is 67.4. The van der Waals surface area contributed by atoms with Crippen LogP contribution in [0.25, 0.3) is 100 Å². The molecule has 314 valence electrons.